The summed E-state index contributed by atoms with van der Waals surface area (Å²) in [5.41, 5.74) is 4.43. The fourth-order valence-corrected chi connectivity index (χ4v) is 2.31. The first kappa shape index (κ1) is 18.6. The number of hydrogen-bond acceptors (Lipinski definition) is 2. The standard InChI is InChI=1S/C21H22F2N2/c1-14-6-5-7-18(10-14)16(3)24-12-15(2)13-25-17(4)20-11-19(22)8-9-21(20)23/h5-11,24H,2-3,12-13H2,1,4H3. The van der Waals surface area contributed by atoms with Crippen molar-refractivity contribution >= 4 is 11.4 Å². The number of aliphatic imine (C=N–C) groups is 1. The summed E-state index contributed by atoms with van der Waals surface area (Å²) < 4.78 is 27.0. The molecule has 2 aromatic carbocycles. The molecule has 0 aliphatic carbocycles. The first-order chi connectivity index (χ1) is 11.9. The van der Waals surface area contributed by atoms with Gasteiger partial charge in [-0.15, -0.1) is 0 Å². The Balaban J connectivity index is 1.92. The summed E-state index contributed by atoms with van der Waals surface area (Å²) in [6.07, 6.45) is 0. The van der Waals surface area contributed by atoms with E-state index >= 15 is 0 Å². The van der Waals surface area contributed by atoms with Gasteiger partial charge in [0.05, 0.1) is 6.54 Å². The average Bonchev–Trinajstić information content (AvgIpc) is 2.59. The van der Waals surface area contributed by atoms with Gasteiger partial charge in [-0.2, -0.15) is 0 Å². The van der Waals surface area contributed by atoms with E-state index in [9.17, 15) is 8.78 Å². The minimum Gasteiger partial charge on any atom is -0.381 e. The number of benzene rings is 2. The summed E-state index contributed by atoms with van der Waals surface area (Å²) in [4.78, 5) is 4.30. The van der Waals surface area contributed by atoms with Crippen molar-refractivity contribution in [2.75, 3.05) is 13.1 Å². The molecule has 0 atom stereocenters. The number of halogens is 2. The van der Waals surface area contributed by atoms with Crippen LogP contribution in [0, 0.1) is 18.6 Å². The predicted molar refractivity (Wildman–Crippen MR) is 101 cm³/mol. The Hall–Kier alpha value is -2.75. The highest BCUT2D eigenvalue weighted by molar-refractivity contribution is 5.99. The van der Waals surface area contributed by atoms with Crippen molar-refractivity contribution in [3.63, 3.8) is 0 Å². The molecule has 0 spiro atoms. The maximum Gasteiger partial charge on any atom is 0.132 e. The van der Waals surface area contributed by atoms with Crippen LogP contribution in [-0.4, -0.2) is 18.8 Å². The van der Waals surface area contributed by atoms with Crippen LogP contribution in [0.1, 0.15) is 23.6 Å². The fourth-order valence-electron chi connectivity index (χ4n) is 2.31. The molecule has 0 fully saturated rings. The van der Waals surface area contributed by atoms with E-state index in [1.54, 1.807) is 6.92 Å². The summed E-state index contributed by atoms with van der Waals surface area (Å²) in [6.45, 7) is 12.5. The Bertz CT molecular complexity index is 822. The maximum absolute atomic E-state index is 13.7. The molecule has 2 nitrogen and oxygen atoms in total. The van der Waals surface area contributed by atoms with Crippen molar-refractivity contribution in [2.24, 2.45) is 4.99 Å². The van der Waals surface area contributed by atoms with Gasteiger partial charge in [-0.1, -0.05) is 36.9 Å². The molecule has 0 aliphatic rings. The SMILES string of the molecule is C=C(CN=C(C)c1cc(F)ccc1F)CNC(=C)c1cccc(C)c1. The molecule has 130 valence electrons. The molecule has 0 saturated heterocycles. The van der Waals surface area contributed by atoms with Gasteiger partial charge >= 0.3 is 0 Å². The first-order valence-corrected chi connectivity index (χ1v) is 7.99. The van der Waals surface area contributed by atoms with Gasteiger partial charge in [0.25, 0.3) is 0 Å². The molecule has 0 bridgehead atoms. The van der Waals surface area contributed by atoms with Gasteiger partial charge in [0, 0.05) is 23.5 Å². The highest BCUT2D eigenvalue weighted by atomic mass is 19.1. The lowest BCUT2D eigenvalue weighted by Crippen LogP contribution is -2.16. The third kappa shape index (κ3) is 5.38. The molecule has 4 heteroatoms. The van der Waals surface area contributed by atoms with E-state index in [0.717, 1.165) is 40.6 Å². The largest absolute Gasteiger partial charge is 0.381 e. The van der Waals surface area contributed by atoms with Gasteiger partial charge in [-0.25, -0.2) is 8.78 Å². The summed E-state index contributed by atoms with van der Waals surface area (Å²) >= 11 is 0. The van der Waals surface area contributed by atoms with Gasteiger partial charge in [0.15, 0.2) is 0 Å². The minimum atomic E-state index is -0.487. The molecular formula is C21H22F2N2. The van der Waals surface area contributed by atoms with Gasteiger partial charge < -0.3 is 5.32 Å². The van der Waals surface area contributed by atoms with Crippen molar-refractivity contribution in [3.05, 3.63) is 89.5 Å². The summed E-state index contributed by atoms with van der Waals surface area (Å²) in [5.74, 6) is -0.972. The van der Waals surface area contributed by atoms with Crippen molar-refractivity contribution < 1.29 is 8.78 Å². The highest BCUT2D eigenvalue weighted by Gasteiger charge is 2.07. The first-order valence-electron chi connectivity index (χ1n) is 7.99. The monoisotopic (exact) mass is 340 g/mol. The van der Waals surface area contributed by atoms with Crippen molar-refractivity contribution in [1.82, 2.24) is 5.32 Å². The average molecular weight is 340 g/mol. The summed E-state index contributed by atoms with van der Waals surface area (Å²) in [7, 11) is 0. The summed E-state index contributed by atoms with van der Waals surface area (Å²) in [6, 6.07) is 11.4. The molecule has 0 saturated carbocycles. The number of rotatable bonds is 7. The van der Waals surface area contributed by atoms with Crippen LogP contribution in [-0.2, 0) is 0 Å². The van der Waals surface area contributed by atoms with E-state index in [1.165, 1.54) is 0 Å². The van der Waals surface area contributed by atoms with E-state index in [0.29, 0.717) is 18.8 Å². The second-order valence-electron chi connectivity index (χ2n) is 5.98. The fraction of sp³-hybridized carbons (Fsp3) is 0.190. The van der Waals surface area contributed by atoms with Crippen molar-refractivity contribution in [1.29, 1.82) is 0 Å². The van der Waals surface area contributed by atoms with Gasteiger partial charge in [-0.3, -0.25) is 4.99 Å². The van der Waals surface area contributed by atoms with Crippen LogP contribution in [0.25, 0.3) is 5.70 Å². The van der Waals surface area contributed by atoms with Gasteiger partial charge in [-0.05, 0) is 49.2 Å². The molecule has 0 heterocycles. The smallest absolute Gasteiger partial charge is 0.132 e. The molecule has 0 radical (unpaired) electrons. The lowest BCUT2D eigenvalue weighted by Gasteiger charge is -2.11. The lowest BCUT2D eigenvalue weighted by molar-refractivity contribution is 0.598. The maximum atomic E-state index is 13.7. The van der Waals surface area contributed by atoms with Crippen LogP contribution in [0.3, 0.4) is 0 Å². The molecule has 0 aliphatic heterocycles. The van der Waals surface area contributed by atoms with Crippen LogP contribution in [0.5, 0.6) is 0 Å². The van der Waals surface area contributed by atoms with E-state index in [2.05, 4.69) is 23.5 Å². The molecule has 0 amide bonds. The number of nitrogens with one attached hydrogen (secondary N) is 1. The van der Waals surface area contributed by atoms with Crippen LogP contribution in [0.15, 0.2) is 66.2 Å². The Kier molecular flexibility index (Phi) is 6.23. The van der Waals surface area contributed by atoms with E-state index < -0.39 is 11.6 Å². The lowest BCUT2D eigenvalue weighted by atomic mass is 10.1. The zero-order chi connectivity index (χ0) is 18.4. The Morgan fingerprint density at radius 1 is 1.12 bits per heavy atom. The van der Waals surface area contributed by atoms with E-state index in [-0.39, 0.29) is 5.56 Å². The Morgan fingerprint density at radius 2 is 1.88 bits per heavy atom. The number of hydrogen-bond donors (Lipinski definition) is 1. The Labute approximate surface area is 147 Å². The molecule has 0 aromatic heterocycles. The third-order valence-electron chi connectivity index (χ3n) is 3.78. The number of nitrogens with zero attached hydrogens (tertiary/aromatic N) is 1. The third-order valence-corrected chi connectivity index (χ3v) is 3.78. The van der Waals surface area contributed by atoms with Crippen molar-refractivity contribution in [2.45, 2.75) is 13.8 Å². The van der Waals surface area contributed by atoms with Gasteiger partial charge in [0.1, 0.15) is 11.6 Å². The van der Waals surface area contributed by atoms with E-state index in [4.69, 9.17) is 0 Å². The predicted octanol–water partition coefficient (Wildman–Crippen LogP) is 4.90. The second kappa shape index (κ2) is 8.38. The molecule has 2 rings (SSSR count). The topological polar surface area (TPSA) is 24.4 Å². The molecule has 1 N–H and O–H groups in total. The zero-order valence-corrected chi connectivity index (χ0v) is 14.6. The van der Waals surface area contributed by atoms with E-state index in [1.807, 2.05) is 31.2 Å². The number of aryl methyl sites for hydroxylation is 1. The molecule has 2 aromatic rings. The van der Waals surface area contributed by atoms with Crippen LogP contribution in [0.2, 0.25) is 0 Å². The van der Waals surface area contributed by atoms with Crippen LogP contribution in [0.4, 0.5) is 8.78 Å². The zero-order valence-electron chi connectivity index (χ0n) is 14.6. The Morgan fingerprint density at radius 3 is 2.60 bits per heavy atom. The molecule has 0 unspecified atom stereocenters. The normalized spacial score (nSPS) is 11.3. The van der Waals surface area contributed by atoms with Crippen LogP contribution < -0.4 is 5.32 Å². The molecule has 25 heavy (non-hydrogen) atoms. The molecular weight excluding hydrogens is 318 g/mol. The van der Waals surface area contributed by atoms with Crippen LogP contribution >= 0.6 is 0 Å². The second-order valence-corrected chi connectivity index (χ2v) is 5.98. The van der Waals surface area contributed by atoms with Gasteiger partial charge in [0.2, 0.25) is 0 Å². The summed E-state index contributed by atoms with van der Waals surface area (Å²) in [5, 5.41) is 3.21. The van der Waals surface area contributed by atoms with Crippen molar-refractivity contribution in [3.8, 4) is 0 Å². The minimum absolute atomic E-state index is 0.171. The highest BCUT2D eigenvalue weighted by Crippen LogP contribution is 2.13. The quantitative estimate of drug-likeness (QED) is 0.563.